The van der Waals surface area contributed by atoms with E-state index in [4.69, 9.17) is 9.47 Å². The van der Waals surface area contributed by atoms with Crippen LogP contribution in [0.2, 0.25) is 0 Å². The van der Waals surface area contributed by atoms with Gasteiger partial charge in [-0.15, -0.1) is 0 Å². The number of hydrogen-bond donors (Lipinski definition) is 1. The van der Waals surface area contributed by atoms with Gasteiger partial charge >= 0.3 is 0 Å². The van der Waals surface area contributed by atoms with Gasteiger partial charge in [0.2, 0.25) is 0 Å². The predicted octanol–water partition coefficient (Wildman–Crippen LogP) is 2.67. The minimum absolute atomic E-state index is 0.279. The molecule has 3 nitrogen and oxygen atoms in total. The molecule has 0 atom stereocenters. The van der Waals surface area contributed by atoms with Crippen molar-refractivity contribution in [1.29, 1.82) is 0 Å². The molecule has 94 valence electrons. The normalized spacial score (nSPS) is 16.8. The molecule has 0 unspecified atom stereocenters. The molecule has 1 saturated heterocycles. The number of methoxy groups -OCH3 is 1. The summed E-state index contributed by atoms with van der Waals surface area (Å²) in [5.41, 5.74) is 0.772. The van der Waals surface area contributed by atoms with Crippen molar-refractivity contribution in [3.63, 3.8) is 0 Å². The van der Waals surface area contributed by atoms with Gasteiger partial charge in [-0.1, -0.05) is 0 Å². The summed E-state index contributed by atoms with van der Waals surface area (Å²) < 4.78 is 23.6. The largest absolute Gasteiger partial charge is 0.497 e. The second kappa shape index (κ2) is 5.87. The van der Waals surface area contributed by atoms with Crippen molar-refractivity contribution in [2.45, 2.75) is 12.8 Å². The molecule has 0 radical (unpaired) electrons. The Morgan fingerprint density at radius 1 is 1.35 bits per heavy atom. The molecular formula is C13H18FNO2. The van der Waals surface area contributed by atoms with Crippen LogP contribution in [0.3, 0.4) is 0 Å². The second-order valence-electron chi connectivity index (χ2n) is 4.32. The van der Waals surface area contributed by atoms with Crippen LogP contribution in [-0.2, 0) is 4.74 Å². The van der Waals surface area contributed by atoms with Crippen LogP contribution in [0, 0.1) is 11.7 Å². The maximum absolute atomic E-state index is 13.2. The van der Waals surface area contributed by atoms with Gasteiger partial charge in [-0.2, -0.15) is 0 Å². The Labute approximate surface area is 101 Å². The van der Waals surface area contributed by atoms with Gasteiger partial charge in [0, 0.05) is 37.6 Å². The van der Waals surface area contributed by atoms with Crippen molar-refractivity contribution in [3.8, 4) is 5.75 Å². The zero-order chi connectivity index (χ0) is 12.1. The second-order valence-corrected chi connectivity index (χ2v) is 4.32. The fourth-order valence-electron chi connectivity index (χ4n) is 2.00. The summed E-state index contributed by atoms with van der Waals surface area (Å²) in [5.74, 6) is 0.872. The topological polar surface area (TPSA) is 30.5 Å². The minimum Gasteiger partial charge on any atom is -0.497 e. The summed E-state index contributed by atoms with van der Waals surface area (Å²) in [5, 5.41) is 3.25. The van der Waals surface area contributed by atoms with E-state index < -0.39 is 0 Å². The van der Waals surface area contributed by atoms with Crippen LogP contribution in [0.15, 0.2) is 18.2 Å². The third kappa shape index (κ3) is 3.60. The van der Waals surface area contributed by atoms with E-state index in [0.29, 0.717) is 11.7 Å². The number of hydrogen-bond acceptors (Lipinski definition) is 3. The molecule has 1 aliphatic heterocycles. The quantitative estimate of drug-likeness (QED) is 0.876. The van der Waals surface area contributed by atoms with Gasteiger partial charge in [0.25, 0.3) is 0 Å². The zero-order valence-corrected chi connectivity index (χ0v) is 10.0. The smallest absolute Gasteiger partial charge is 0.128 e. The van der Waals surface area contributed by atoms with E-state index in [9.17, 15) is 4.39 Å². The molecule has 1 aromatic carbocycles. The number of ether oxygens (including phenoxy) is 2. The van der Waals surface area contributed by atoms with Crippen LogP contribution in [0.1, 0.15) is 12.8 Å². The minimum atomic E-state index is -0.279. The van der Waals surface area contributed by atoms with Gasteiger partial charge < -0.3 is 14.8 Å². The Balaban J connectivity index is 1.91. The zero-order valence-electron chi connectivity index (χ0n) is 10.0. The van der Waals surface area contributed by atoms with Gasteiger partial charge in [-0.3, -0.25) is 0 Å². The molecule has 1 aliphatic rings. The first-order valence-electron chi connectivity index (χ1n) is 5.94. The highest BCUT2D eigenvalue weighted by Gasteiger charge is 2.13. The summed E-state index contributed by atoms with van der Waals surface area (Å²) in [6, 6.07) is 4.67. The molecule has 1 aromatic rings. The summed E-state index contributed by atoms with van der Waals surface area (Å²) >= 11 is 0. The first-order chi connectivity index (χ1) is 8.28. The van der Waals surface area contributed by atoms with Gasteiger partial charge in [0.05, 0.1) is 7.11 Å². The van der Waals surface area contributed by atoms with Crippen molar-refractivity contribution in [2.75, 3.05) is 32.2 Å². The van der Waals surface area contributed by atoms with Crippen LogP contribution >= 0.6 is 0 Å². The average Bonchev–Trinajstić information content (AvgIpc) is 2.37. The monoisotopic (exact) mass is 239 g/mol. The molecule has 4 heteroatoms. The molecule has 1 heterocycles. The number of benzene rings is 1. The molecule has 1 fully saturated rings. The lowest BCUT2D eigenvalue weighted by Crippen LogP contribution is -2.22. The molecule has 0 bridgehead atoms. The van der Waals surface area contributed by atoms with Gasteiger partial charge in [0.1, 0.15) is 11.6 Å². The van der Waals surface area contributed by atoms with E-state index >= 15 is 0 Å². The van der Waals surface area contributed by atoms with E-state index in [1.54, 1.807) is 0 Å². The number of anilines is 1. The summed E-state index contributed by atoms with van der Waals surface area (Å²) in [6.45, 7) is 2.52. The summed E-state index contributed by atoms with van der Waals surface area (Å²) in [7, 11) is 1.54. The van der Waals surface area contributed by atoms with E-state index in [1.807, 2.05) is 6.07 Å². The number of halogens is 1. The van der Waals surface area contributed by atoms with Crippen molar-refractivity contribution in [3.05, 3.63) is 24.0 Å². The van der Waals surface area contributed by atoms with Gasteiger partial charge in [-0.05, 0) is 24.8 Å². The Kier molecular flexibility index (Phi) is 4.20. The summed E-state index contributed by atoms with van der Waals surface area (Å²) in [4.78, 5) is 0. The fraction of sp³-hybridized carbons (Fsp3) is 0.538. The van der Waals surface area contributed by atoms with Gasteiger partial charge in [-0.25, -0.2) is 4.39 Å². The van der Waals surface area contributed by atoms with Crippen LogP contribution in [0.5, 0.6) is 5.75 Å². The maximum atomic E-state index is 13.2. The highest BCUT2D eigenvalue weighted by Crippen LogP contribution is 2.21. The SMILES string of the molecule is COc1cc(F)cc(NCC2CCOCC2)c1. The highest BCUT2D eigenvalue weighted by molar-refractivity contribution is 5.48. The molecule has 0 saturated carbocycles. The Morgan fingerprint density at radius 3 is 2.82 bits per heavy atom. The Bertz CT molecular complexity index is 364. The Hall–Kier alpha value is -1.29. The van der Waals surface area contributed by atoms with Crippen molar-refractivity contribution in [1.82, 2.24) is 0 Å². The third-order valence-corrected chi connectivity index (χ3v) is 3.04. The molecule has 0 amide bonds. The van der Waals surface area contributed by atoms with E-state index in [2.05, 4.69) is 5.32 Å². The standard InChI is InChI=1S/C13H18FNO2/c1-16-13-7-11(14)6-12(8-13)15-9-10-2-4-17-5-3-10/h6-8,10,15H,2-5,9H2,1H3. The van der Waals surface area contributed by atoms with Gasteiger partial charge in [0.15, 0.2) is 0 Å². The Morgan fingerprint density at radius 2 is 2.12 bits per heavy atom. The number of nitrogens with one attached hydrogen (secondary N) is 1. The lowest BCUT2D eigenvalue weighted by molar-refractivity contribution is 0.0699. The molecule has 17 heavy (non-hydrogen) atoms. The maximum Gasteiger partial charge on any atom is 0.128 e. The van der Waals surface area contributed by atoms with E-state index in [-0.39, 0.29) is 5.82 Å². The van der Waals surface area contributed by atoms with Crippen molar-refractivity contribution >= 4 is 5.69 Å². The van der Waals surface area contributed by atoms with Crippen LogP contribution in [0.4, 0.5) is 10.1 Å². The highest BCUT2D eigenvalue weighted by atomic mass is 19.1. The molecule has 1 N–H and O–H groups in total. The molecule has 0 aromatic heterocycles. The van der Waals surface area contributed by atoms with E-state index in [0.717, 1.165) is 38.3 Å². The van der Waals surface area contributed by atoms with Crippen LogP contribution in [0.25, 0.3) is 0 Å². The lowest BCUT2D eigenvalue weighted by atomic mass is 10.0. The lowest BCUT2D eigenvalue weighted by Gasteiger charge is -2.22. The average molecular weight is 239 g/mol. The van der Waals surface area contributed by atoms with E-state index in [1.165, 1.54) is 19.2 Å². The fourth-order valence-corrected chi connectivity index (χ4v) is 2.00. The molecular weight excluding hydrogens is 221 g/mol. The summed E-state index contributed by atoms with van der Waals surface area (Å²) in [6.07, 6.45) is 2.14. The third-order valence-electron chi connectivity index (χ3n) is 3.04. The molecule has 0 aliphatic carbocycles. The predicted molar refractivity (Wildman–Crippen MR) is 65.0 cm³/mol. The first-order valence-corrected chi connectivity index (χ1v) is 5.94. The van der Waals surface area contributed by atoms with Crippen molar-refractivity contribution in [2.24, 2.45) is 5.92 Å². The molecule has 2 rings (SSSR count). The van der Waals surface area contributed by atoms with Crippen LogP contribution < -0.4 is 10.1 Å². The first kappa shape index (κ1) is 12.2. The molecule has 0 spiro atoms. The van der Waals surface area contributed by atoms with Crippen LogP contribution in [-0.4, -0.2) is 26.9 Å². The van der Waals surface area contributed by atoms with Crippen molar-refractivity contribution < 1.29 is 13.9 Å². The number of rotatable bonds is 4.